The molecule has 0 fully saturated rings. The molecule has 0 aliphatic heterocycles. The first kappa shape index (κ1) is 14.9. The van der Waals surface area contributed by atoms with E-state index in [1.54, 1.807) is 7.11 Å². The lowest BCUT2D eigenvalue weighted by atomic mass is 10.1. The van der Waals surface area contributed by atoms with Gasteiger partial charge in [0.15, 0.2) is 0 Å². The average molecular weight is 280 g/mol. The number of nitrogens with zero attached hydrogens (tertiary/aromatic N) is 1. The largest absolute Gasteiger partial charge is 0.497 e. The first-order valence-corrected chi connectivity index (χ1v) is 7.01. The van der Waals surface area contributed by atoms with Gasteiger partial charge in [0.2, 0.25) is 0 Å². The van der Waals surface area contributed by atoms with E-state index in [1.165, 1.54) is 0 Å². The second kappa shape index (κ2) is 7.90. The number of methoxy groups -OCH3 is 1. The zero-order valence-electron chi connectivity index (χ0n) is 12.4. The quantitative estimate of drug-likeness (QED) is 0.620. The van der Waals surface area contributed by atoms with Gasteiger partial charge in [0.05, 0.1) is 18.5 Å². The molecule has 0 atom stereocenters. The Morgan fingerprint density at radius 1 is 1.10 bits per heavy atom. The van der Waals surface area contributed by atoms with Crippen molar-refractivity contribution in [2.24, 2.45) is 5.10 Å². The smallest absolute Gasteiger partial charge is 0.118 e. The van der Waals surface area contributed by atoms with Crippen molar-refractivity contribution in [1.29, 1.82) is 0 Å². The van der Waals surface area contributed by atoms with Crippen molar-refractivity contribution in [2.45, 2.75) is 13.3 Å². The molecule has 1 N–H and O–H groups in total. The van der Waals surface area contributed by atoms with Crippen LogP contribution >= 0.6 is 0 Å². The Balaban J connectivity index is 2.01. The normalized spacial score (nSPS) is 11.6. The first-order chi connectivity index (χ1) is 10.3. The molecule has 0 aromatic heterocycles. The highest BCUT2D eigenvalue weighted by molar-refractivity contribution is 5.98. The van der Waals surface area contributed by atoms with Crippen LogP contribution in [-0.2, 0) is 0 Å². The third-order valence-electron chi connectivity index (χ3n) is 3.05. The third-order valence-corrected chi connectivity index (χ3v) is 3.05. The van der Waals surface area contributed by atoms with Crippen molar-refractivity contribution < 1.29 is 4.74 Å². The fourth-order valence-corrected chi connectivity index (χ4v) is 1.79. The Morgan fingerprint density at radius 3 is 2.43 bits per heavy atom. The van der Waals surface area contributed by atoms with E-state index in [0.29, 0.717) is 0 Å². The fraction of sp³-hybridized carbons (Fsp3) is 0.167. The summed E-state index contributed by atoms with van der Waals surface area (Å²) in [5.41, 5.74) is 6.17. The fourth-order valence-electron chi connectivity index (χ4n) is 1.79. The molecular formula is C18H20N2O. The van der Waals surface area contributed by atoms with E-state index < -0.39 is 0 Å². The number of hydrogen-bond acceptors (Lipinski definition) is 3. The van der Waals surface area contributed by atoms with Crippen LogP contribution in [0.25, 0.3) is 6.08 Å². The number of ether oxygens (including phenoxy) is 1. The zero-order valence-corrected chi connectivity index (χ0v) is 12.4. The number of para-hydroxylation sites is 1. The van der Waals surface area contributed by atoms with Crippen LogP contribution in [0, 0.1) is 0 Å². The Kier molecular flexibility index (Phi) is 5.59. The summed E-state index contributed by atoms with van der Waals surface area (Å²) >= 11 is 0. The van der Waals surface area contributed by atoms with Crippen molar-refractivity contribution in [3.8, 4) is 5.75 Å². The summed E-state index contributed by atoms with van der Waals surface area (Å²) in [5, 5.41) is 4.42. The average Bonchev–Trinajstić information content (AvgIpc) is 2.56. The van der Waals surface area contributed by atoms with Crippen LogP contribution in [-0.4, -0.2) is 12.8 Å². The molecule has 0 amide bonds. The van der Waals surface area contributed by atoms with Crippen LogP contribution in [0.5, 0.6) is 5.75 Å². The van der Waals surface area contributed by atoms with E-state index in [0.717, 1.165) is 29.1 Å². The number of nitrogens with one attached hydrogen (secondary N) is 1. The van der Waals surface area contributed by atoms with Crippen molar-refractivity contribution in [3.05, 3.63) is 66.2 Å². The molecule has 3 nitrogen and oxygen atoms in total. The van der Waals surface area contributed by atoms with Crippen LogP contribution in [0.15, 0.2) is 65.8 Å². The lowest BCUT2D eigenvalue weighted by Crippen LogP contribution is -1.97. The number of rotatable bonds is 6. The molecule has 0 unspecified atom stereocenters. The van der Waals surface area contributed by atoms with Gasteiger partial charge in [-0.25, -0.2) is 0 Å². The van der Waals surface area contributed by atoms with Crippen molar-refractivity contribution in [3.63, 3.8) is 0 Å². The molecule has 0 aliphatic carbocycles. The highest BCUT2D eigenvalue weighted by Crippen LogP contribution is 2.12. The molecule has 0 spiro atoms. The summed E-state index contributed by atoms with van der Waals surface area (Å²) in [6.45, 7) is 2.09. The Labute approximate surface area is 126 Å². The summed E-state index contributed by atoms with van der Waals surface area (Å²) in [4.78, 5) is 0. The highest BCUT2D eigenvalue weighted by Gasteiger charge is 1.93. The van der Waals surface area contributed by atoms with Crippen LogP contribution < -0.4 is 10.2 Å². The number of hydrazone groups is 1. The number of anilines is 1. The van der Waals surface area contributed by atoms with Crippen LogP contribution in [0.1, 0.15) is 18.9 Å². The van der Waals surface area contributed by atoms with Crippen molar-refractivity contribution in [1.82, 2.24) is 0 Å². The first-order valence-electron chi connectivity index (χ1n) is 7.01. The summed E-state index contributed by atoms with van der Waals surface area (Å²) in [6, 6.07) is 17.9. The predicted octanol–water partition coefficient (Wildman–Crippen LogP) is 4.59. The van der Waals surface area contributed by atoms with Gasteiger partial charge in [-0.05, 0) is 42.3 Å². The molecule has 2 rings (SSSR count). The minimum absolute atomic E-state index is 0.863. The maximum absolute atomic E-state index is 5.15. The van der Waals surface area contributed by atoms with Gasteiger partial charge in [0.1, 0.15) is 5.75 Å². The Hall–Kier alpha value is -2.55. The van der Waals surface area contributed by atoms with Gasteiger partial charge in [-0.15, -0.1) is 0 Å². The number of allylic oxidation sites excluding steroid dienone is 1. The molecule has 0 bridgehead atoms. The van der Waals surface area contributed by atoms with E-state index >= 15 is 0 Å². The van der Waals surface area contributed by atoms with Crippen molar-refractivity contribution >= 4 is 17.5 Å². The molecule has 2 aromatic carbocycles. The lowest BCUT2D eigenvalue weighted by molar-refractivity contribution is 0.415. The van der Waals surface area contributed by atoms with Crippen LogP contribution in [0.2, 0.25) is 0 Å². The molecule has 0 saturated heterocycles. The second-order valence-electron chi connectivity index (χ2n) is 4.54. The maximum atomic E-state index is 5.15. The third kappa shape index (κ3) is 4.80. The molecule has 3 heteroatoms. The lowest BCUT2D eigenvalue weighted by Gasteiger charge is -2.02. The standard InChI is InChI=1S/C18H20N2O/c1-3-16(19-20-17-7-5-4-6-8-17)12-9-15-10-13-18(21-2)14-11-15/h4-14,20H,3H2,1-2H3/b12-9-,19-16+. The highest BCUT2D eigenvalue weighted by atomic mass is 16.5. The molecule has 2 aromatic rings. The Bertz CT molecular complexity index is 601. The van der Waals surface area contributed by atoms with Gasteiger partial charge in [0, 0.05) is 0 Å². The van der Waals surface area contributed by atoms with Gasteiger partial charge < -0.3 is 4.74 Å². The summed E-state index contributed by atoms with van der Waals surface area (Å²) in [7, 11) is 1.67. The van der Waals surface area contributed by atoms with Gasteiger partial charge >= 0.3 is 0 Å². The summed E-state index contributed by atoms with van der Waals surface area (Å²) in [5.74, 6) is 0.863. The van der Waals surface area contributed by atoms with Crippen LogP contribution in [0.3, 0.4) is 0 Å². The van der Waals surface area contributed by atoms with E-state index in [-0.39, 0.29) is 0 Å². The molecule has 0 saturated carbocycles. The molecule has 0 heterocycles. The molecule has 21 heavy (non-hydrogen) atoms. The number of benzene rings is 2. The molecule has 0 aliphatic rings. The summed E-state index contributed by atoms with van der Waals surface area (Å²) in [6.07, 6.45) is 4.94. The van der Waals surface area contributed by atoms with Crippen LogP contribution in [0.4, 0.5) is 5.69 Å². The zero-order chi connectivity index (χ0) is 14.9. The molecular weight excluding hydrogens is 260 g/mol. The van der Waals surface area contributed by atoms with E-state index in [1.807, 2.05) is 60.7 Å². The summed E-state index contributed by atoms with van der Waals surface area (Å²) < 4.78 is 5.15. The molecule has 0 radical (unpaired) electrons. The van der Waals surface area contributed by atoms with E-state index in [2.05, 4.69) is 23.5 Å². The SMILES string of the molecule is CCC(/C=C\c1ccc(OC)cc1)=N\Nc1ccccc1. The topological polar surface area (TPSA) is 33.6 Å². The minimum atomic E-state index is 0.863. The minimum Gasteiger partial charge on any atom is -0.497 e. The van der Waals surface area contributed by atoms with Gasteiger partial charge in [-0.2, -0.15) is 5.10 Å². The number of hydrogen-bond donors (Lipinski definition) is 1. The van der Waals surface area contributed by atoms with Gasteiger partial charge in [-0.3, -0.25) is 5.43 Å². The van der Waals surface area contributed by atoms with Gasteiger partial charge in [-0.1, -0.05) is 43.3 Å². The maximum Gasteiger partial charge on any atom is 0.118 e. The monoisotopic (exact) mass is 280 g/mol. The van der Waals surface area contributed by atoms with Gasteiger partial charge in [0.25, 0.3) is 0 Å². The second-order valence-corrected chi connectivity index (χ2v) is 4.54. The Morgan fingerprint density at radius 2 is 1.81 bits per heavy atom. The molecule has 108 valence electrons. The van der Waals surface area contributed by atoms with E-state index in [4.69, 9.17) is 4.74 Å². The van der Waals surface area contributed by atoms with E-state index in [9.17, 15) is 0 Å². The predicted molar refractivity (Wildman–Crippen MR) is 89.8 cm³/mol. The van der Waals surface area contributed by atoms with Crippen molar-refractivity contribution in [2.75, 3.05) is 12.5 Å².